The number of carbonyl (C=O) groups is 1. The third kappa shape index (κ3) is 34.2. The molecule has 1 amide bonds. The molecule has 0 spiro atoms. The van der Waals surface area contributed by atoms with Crippen LogP contribution in [0.15, 0.2) is 60.8 Å². The first kappa shape index (κ1) is 81.7. The third-order valence-electron chi connectivity index (χ3n) is 17.5. The highest BCUT2D eigenvalue weighted by Crippen LogP contribution is 2.33. The Bertz CT molecular complexity index is 1870. The summed E-state index contributed by atoms with van der Waals surface area (Å²) in [5.41, 5.74) is 0. The van der Waals surface area contributed by atoms with Crippen molar-refractivity contribution in [2.45, 2.75) is 356 Å². The monoisotopic (exact) mass is 1280 g/mol. The van der Waals surface area contributed by atoms with Crippen LogP contribution in [-0.4, -0.2) is 193 Å². The van der Waals surface area contributed by atoms with E-state index in [1.54, 1.807) is 6.08 Å². The topological polar surface area (TPSA) is 307 Å². The highest BCUT2D eigenvalue weighted by atomic mass is 16.8. The van der Waals surface area contributed by atoms with Gasteiger partial charge in [0.1, 0.15) is 73.2 Å². The molecule has 3 aliphatic heterocycles. The number of unbranched alkanes of at least 4 members (excludes halogenated alkanes) is 30. The van der Waals surface area contributed by atoms with E-state index in [4.69, 9.17) is 28.4 Å². The lowest BCUT2D eigenvalue weighted by atomic mass is 9.96. The van der Waals surface area contributed by atoms with Crippen LogP contribution in [0.5, 0.6) is 0 Å². The molecule has 3 fully saturated rings. The van der Waals surface area contributed by atoms with Gasteiger partial charge >= 0.3 is 0 Å². The van der Waals surface area contributed by atoms with Crippen molar-refractivity contribution in [2.75, 3.05) is 26.4 Å². The zero-order chi connectivity index (χ0) is 65.4. The zero-order valence-corrected chi connectivity index (χ0v) is 55.4. The van der Waals surface area contributed by atoms with Gasteiger partial charge in [0, 0.05) is 6.42 Å². The number of aliphatic hydroxyl groups is 11. The van der Waals surface area contributed by atoms with E-state index >= 15 is 0 Å². The largest absolute Gasteiger partial charge is 0.394 e. The lowest BCUT2D eigenvalue weighted by molar-refractivity contribution is -0.379. The summed E-state index contributed by atoms with van der Waals surface area (Å²) in [6.45, 7) is 1.66. The summed E-state index contributed by atoms with van der Waals surface area (Å²) in [6, 6.07) is -1.01. The minimum Gasteiger partial charge on any atom is -0.394 e. The van der Waals surface area contributed by atoms with Gasteiger partial charge in [0.25, 0.3) is 0 Å². The predicted octanol–water partition coefficient (Wildman–Crippen LogP) is 9.55. The normalized spacial score (nSPS) is 28.4. The van der Waals surface area contributed by atoms with E-state index in [1.807, 2.05) is 6.08 Å². The summed E-state index contributed by atoms with van der Waals surface area (Å²) < 4.78 is 34.3. The molecule has 12 N–H and O–H groups in total. The Kier molecular flexibility index (Phi) is 47.9. The molecule has 3 heterocycles. The summed E-state index contributed by atoms with van der Waals surface area (Å²) in [6.07, 6.45) is 38.0. The van der Waals surface area contributed by atoms with Crippen molar-refractivity contribution in [1.82, 2.24) is 5.32 Å². The number of carbonyl (C=O) groups excluding carboxylic acids is 1. The van der Waals surface area contributed by atoms with Crippen molar-refractivity contribution >= 4 is 5.91 Å². The van der Waals surface area contributed by atoms with Gasteiger partial charge in [0.15, 0.2) is 18.9 Å². The van der Waals surface area contributed by atoms with Gasteiger partial charge in [0.2, 0.25) is 5.91 Å². The second-order valence-corrected chi connectivity index (χ2v) is 25.3. The number of allylic oxidation sites excluding steroid dienone is 9. The molecule has 3 aliphatic rings. The number of amides is 1. The first-order valence-corrected chi connectivity index (χ1v) is 35.5. The van der Waals surface area contributed by atoms with Crippen LogP contribution in [0.3, 0.4) is 0 Å². The average molecular weight is 1280 g/mol. The summed E-state index contributed by atoms with van der Waals surface area (Å²) in [4.78, 5) is 13.3. The van der Waals surface area contributed by atoms with Crippen LogP contribution in [0, 0.1) is 0 Å². The fraction of sp³-hybridized carbons (Fsp3) is 0.845. The van der Waals surface area contributed by atoms with Crippen molar-refractivity contribution in [1.29, 1.82) is 0 Å². The van der Waals surface area contributed by atoms with Crippen molar-refractivity contribution in [2.24, 2.45) is 0 Å². The van der Waals surface area contributed by atoms with Gasteiger partial charge < -0.3 is 89.9 Å². The molecule has 0 aromatic rings. The van der Waals surface area contributed by atoms with Crippen molar-refractivity contribution in [3.05, 3.63) is 60.8 Å². The number of hydrogen-bond acceptors (Lipinski definition) is 18. The number of rotatable bonds is 54. The fourth-order valence-corrected chi connectivity index (χ4v) is 11.7. The van der Waals surface area contributed by atoms with Gasteiger partial charge in [0.05, 0.1) is 38.6 Å². The summed E-state index contributed by atoms with van der Waals surface area (Å²) in [5, 5.41) is 120. The molecule has 0 bridgehead atoms. The Morgan fingerprint density at radius 1 is 0.400 bits per heavy atom. The quantitative estimate of drug-likeness (QED) is 0.0199. The standard InChI is InChI=1S/C71H127NO18/c1-3-5-7-9-11-13-15-17-19-20-21-22-23-24-25-26-27-28-29-30-31-32-33-34-35-36-38-40-42-44-46-48-55(76)54(72-59(77)49-47-45-43-41-39-37-18-16-14-12-10-8-6-4-2)53-85-69-65(83)62(80)67(57(51-74)87-69)90-71-66(84)63(81)68(58(52-75)88-71)89-70-64(82)61(79)60(78)56(50-73)86-70/h10,12,16,18,33-34,38,40,46,48,54-58,60-71,73-76,78-84H,3-9,11,13-15,17,19-32,35-37,39,41-45,47,49-53H2,1-2H3,(H,72,77)/b12-10-,18-16-,34-33+,40-38+,48-46+. The summed E-state index contributed by atoms with van der Waals surface area (Å²) in [7, 11) is 0. The number of aliphatic hydroxyl groups excluding tert-OH is 11. The molecule has 17 unspecified atom stereocenters. The molecule has 90 heavy (non-hydrogen) atoms. The van der Waals surface area contributed by atoms with E-state index in [-0.39, 0.29) is 18.9 Å². The van der Waals surface area contributed by atoms with Crippen LogP contribution in [0.2, 0.25) is 0 Å². The van der Waals surface area contributed by atoms with Crippen molar-refractivity contribution in [3.63, 3.8) is 0 Å². The second kappa shape index (κ2) is 52.7. The van der Waals surface area contributed by atoms with Crippen LogP contribution in [-0.2, 0) is 33.2 Å². The SMILES string of the molecule is CCCC/C=C\C/C=C\CCCCCCCC(=O)NC(COC1OC(CO)C(OC2OC(CO)C(OC3OC(CO)C(O)C(O)C3O)C(O)C2O)C(O)C1O)C(O)/C=C/CC/C=C/CC/C=C/CCCCCCCCCCCCCCCCCCCCCCC. The summed E-state index contributed by atoms with van der Waals surface area (Å²) in [5.74, 6) is -0.305. The molecule has 3 saturated heterocycles. The number of nitrogens with one attached hydrogen (secondary N) is 1. The molecular weight excluding hydrogens is 1150 g/mol. The van der Waals surface area contributed by atoms with Crippen molar-refractivity contribution < 1.29 is 89.4 Å². The van der Waals surface area contributed by atoms with Crippen LogP contribution in [0.4, 0.5) is 0 Å². The molecule has 0 aromatic carbocycles. The van der Waals surface area contributed by atoms with Gasteiger partial charge in [-0.25, -0.2) is 0 Å². The minimum absolute atomic E-state index is 0.214. The molecular formula is C71H127NO18. The van der Waals surface area contributed by atoms with Crippen LogP contribution in [0.1, 0.15) is 251 Å². The van der Waals surface area contributed by atoms with E-state index < -0.39 is 124 Å². The second-order valence-electron chi connectivity index (χ2n) is 25.3. The van der Waals surface area contributed by atoms with Gasteiger partial charge in [-0.1, -0.05) is 235 Å². The fourth-order valence-electron chi connectivity index (χ4n) is 11.7. The molecule has 0 aliphatic carbocycles. The molecule has 3 rings (SSSR count). The maximum atomic E-state index is 13.3. The Labute approximate surface area is 541 Å². The van der Waals surface area contributed by atoms with E-state index in [0.717, 1.165) is 70.6 Å². The first-order valence-electron chi connectivity index (χ1n) is 35.5. The Morgan fingerprint density at radius 3 is 1.21 bits per heavy atom. The third-order valence-corrected chi connectivity index (χ3v) is 17.5. The number of ether oxygens (including phenoxy) is 6. The van der Waals surface area contributed by atoms with Gasteiger partial charge in [-0.2, -0.15) is 0 Å². The molecule has 17 atom stereocenters. The molecule has 19 heteroatoms. The predicted molar refractivity (Wildman–Crippen MR) is 351 cm³/mol. The lowest BCUT2D eigenvalue weighted by Crippen LogP contribution is -2.66. The average Bonchev–Trinajstić information content (AvgIpc) is 0.866. The van der Waals surface area contributed by atoms with E-state index in [9.17, 15) is 61.0 Å². The number of hydrogen-bond donors (Lipinski definition) is 12. The smallest absolute Gasteiger partial charge is 0.220 e. The highest BCUT2D eigenvalue weighted by Gasteiger charge is 2.53. The lowest BCUT2D eigenvalue weighted by Gasteiger charge is -2.48. The minimum atomic E-state index is -1.99. The van der Waals surface area contributed by atoms with Crippen LogP contribution < -0.4 is 5.32 Å². The zero-order valence-electron chi connectivity index (χ0n) is 55.4. The Balaban J connectivity index is 1.41. The Morgan fingerprint density at radius 2 is 0.756 bits per heavy atom. The first-order chi connectivity index (χ1) is 43.8. The maximum absolute atomic E-state index is 13.3. The van der Waals surface area contributed by atoms with E-state index in [2.05, 4.69) is 67.8 Å². The van der Waals surface area contributed by atoms with E-state index in [0.29, 0.717) is 12.8 Å². The maximum Gasteiger partial charge on any atom is 0.220 e. The van der Waals surface area contributed by atoms with Gasteiger partial charge in [-0.15, -0.1) is 0 Å². The van der Waals surface area contributed by atoms with Crippen molar-refractivity contribution in [3.8, 4) is 0 Å². The highest BCUT2D eigenvalue weighted by molar-refractivity contribution is 5.76. The Hall–Kier alpha value is -2.51. The molecule has 19 nitrogen and oxygen atoms in total. The molecule has 524 valence electrons. The molecule has 0 radical (unpaired) electrons. The summed E-state index contributed by atoms with van der Waals surface area (Å²) >= 11 is 0. The van der Waals surface area contributed by atoms with E-state index in [1.165, 1.54) is 148 Å². The van der Waals surface area contributed by atoms with Crippen LogP contribution in [0.25, 0.3) is 0 Å². The molecule has 0 aromatic heterocycles. The van der Waals surface area contributed by atoms with Gasteiger partial charge in [-0.05, 0) is 70.6 Å². The molecule has 0 saturated carbocycles. The van der Waals surface area contributed by atoms with Crippen LogP contribution >= 0.6 is 0 Å². The van der Waals surface area contributed by atoms with Gasteiger partial charge in [-0.3, -0.25) is 4.79 Å².